The predicted octanol–water partition coefficient (Wildman–Crippen LogP) is 3.23. The van der Waals surface area contributed by atoms with Crippen LogP contribution in [0.2, 0.25) is 5.02 Å². The van der Waals surface area contributed by atoms with E-state index in [1.807, 2.05) is 6.07 Å². The first-order chi connectivity index (χ1) is 9.69. The van der Waals surface area contributed by atoms with Crippen LogP contribution < -0.4 is 10.1 Å². The lowest BCUT2D eigenvalue weighted by atomic mass is 10.2. The molecule has 0 aromatic heterocycles. The van der Waals surface area contributed by atoms with Crippen molar-refractivity contribution in [1.29, 1.82) is 5.26 Å². The summed E-state index contributed by atoms with van der Waals surface area (Å²) in [7, 11) is 0. The Labute approximate surface area is 121 Å². The van der Waals surface area contributed by atoms with E-state index >= 15 is 0 Å². The van der Waals surface area contributed by atoms with E-state index in [1.165, 1.54) is 0 Å². The van der Waals surface area contributed by atoms with E-state index in [-0.39, 0.29) is 12.5 Å². The topological polar surface area (TPSA) is 62.1 Å². The van der Waals surface area contributed by atoms with Gasteiger partial charge in [0.2, 0.25) is 0 Å². The maximum atomic E-state index is 11.7. The maximum absolute atomic E-state index is 11.7. The number of benzene rings is 2. The molecule has 0 atom stereocenters. The third-order valence-electron chi connectivity index (χ3n) is 2.49. The molecule has 0 bridgehead atoms. The van der Waals surface area contributed by atoms with Crippen molar-refractivity contribution >= 4 is 23.2 Å². The Hall–Kier alpha value is -2.51. The van der Waals surface area contributed by atoms with E-state index in [9.17, 15) is 4.79 Å². The summed E-state index contributed by atoms with van der Waals surface area (Å²) < 4.78 is 5.32. The van der Waals surface area contributed by atoms with Gasteiger partial charge in [-0.2, -0.15) is 5.26 Å². The quantitative estimate of drug-likeness (QED) is 0.938. The number of carbonyl (C=O) groups excluding carboxylic acids is 1. The molecule has 2 rings (SSSR count). The maximum Gasteiger partial charge on any atom is 0.262 e. The van der Waals surface area contributed by atoms with Gasteiger partial charge in [-0.1, -0.05) is 23.7 Å². The minimum absolute atomic E-state index is 0.135. The van der Waals surface area contributed by atoms with Crippen LogP contribution in [0.15, 0.2) is 48.5 Å². The number of para-hydroxylation sites is 1. The molecule has 2 aromatic carbocycles. The Kier molecular flexibility index (Phi) is 4.59. The Bertz CT molecular complexity index is 648. The fraction of sp³-hybridized carbons (Fsp3) is 0.0667. The Morgan fingerprint density at radius 1 is 1.20 bits per heavy atom. The number of hydrogen-bond acceptors (Lipinski definition) is 3. The molecule has 0 aliphatic carbocycles. The predicted molar refractivity (Wildman–Crippen MR) is 76.7 cm³/mol. The molecule has 0 unspecified atom stereocenters. The number of carbonyl (C=O) groups is 1. The zero-order valence-electron chi connectivity index (χ0n) is 10.5. The molecule has 0 radical (unpaired) electrons. The highest BCUT2D eigenvalue weighted by Gasteiger charge is 2.05. The van der Waals surface area contributed by atoms with Gasteiger partial charge in [-0.3, -0.25) is 4.79 Å². The molecule has 0 spiro atoms. The average Bonchev–Trinajstić information content (AvgIpc) is 2.47. The summed E-state index contributed by atoms with van der Waals surface area (Å²) in [6.45, 7) is -0.135. The van der Waals surface area contributed by atoms with Crippen LogP contribution in [0.25, 0.3) is 0 Å². The van der Waals surface area contributed by atoms with Crippen molar-refractivity contribution in [2.45, 2.75) is 0 Å². The number of halogens is 1. The summed E-state index contributed by atoms with van der Waals surface area (Å²) in [5, 5.41) is 11.8. The van der Waals surface area contributed by atoms with Gasteiger partial charge < -0.3 is 10.1 Å². The fourth-order valence-corrected chi connectivity index (χ4v) is 1.72. The molecule has 4 nitrogen and oxygen atoms in total. The third-order valence-corrected chi connectivity index (χ3v) is 2.81. The first-order valence-corrected chi connectivity index (χ1v) is 6.24. The van der Waals surface area contributed by atoms with Crippen LogP contribution in [0.1, 0.15) is 5.56 Å². The molecule has 0 aliphatic rings. The van der Waals surface area contributed by atoms with Gasteiger partial charge >= 0.3 is 0 Å². The number of rotatable bonds is 4. The number of amides is 1. The zero-order valence-corrected chi connectivity index (χ0v) is 11.2. The molecule has 0 saturated heterocycles. The molecule has 5 heteroatoms. The number of ether oxygens (including phenoxy) is 1. The lowest BCUT2D eigenvalue weighted by Crippen LogP contribution is -2.20. The Morgan fingerprint density at radius 3 is 2.55 bits per heavy atom. The summed E-state index contributed by atoms with van der Waals surface area (Å²) in [6, 6.07) is 15.5. The van der Waals surface area contributed by atoms with Gasteiger partial charge in [-0.15, -0.1) is 0 Å². The molecule has 2 aromatic rings. The van der Waals surface area contributed by atoms with Crippen molar-refractivity contribution < 1.29 is 9.53 Å². The zero-order chi connectivity index (χ0) is 14.4. The van der Waals surface area contributed by atoms with Crippen molar-refractivity contribution in [2.75, 3.05) is 11.9 Å². The summed E-state index contributed by atoms with van der Waals surface area (Å²) in [5.74, 6) is 0.166. The van der Waals surface area contributed by atoms with Gasteiger partial charge in [0.25, 0.3) is 5.91 Å². The number of hydrogen-bond donors (Lipinski definition) is 1. The van der Waals surface area contributed by atoms with Crippen LogP contribution in [0.5, 0.6) is 5.75 Å². The molecule has 20 heavy (non-hydrogen) atoms. The first-order valence-electron chi connectivity index (χ1n) is 5.86. The normalized spacial score (nSPS) is 9.60. The summed E-state index contributed by atoms with van der Waals surface area (Å²) in [4.78, 5) is 11.7. The molecule has 0 fully saturated rings. The van der Waals surface area contributed by atoms with Crippen molar-refractivity contribution in [3.05, 3.63) is 59.1 Å². The third kappa shape index (κ3) is 3.74. The minimum atomic E-state index is -0.297. The fourth-order valence-electron chi connectivity index (χ4n) is 1.53. The molecule has 100 valence electrons. The summed E-state index contributed by atoms with van der Waals surface area (Å²) >= 11 is 5.91. The second kappa shape index (κ2) is 6.60. The van der Waals surface area contributed by atoms with E-state index < -0.39 is 0 Å². The van der Waals surface area contributed by atoms with Crippen molar-refractivity contribution in [1.82, 2.24) is 0 Å². The molecular formula is C15H11ClN2O2. The standard InChI is InChI=1S/C15H11ClN2O2/c16-13-3-1-2-4-14(13)20-10-15(19)18-12-7-5-11(9-17)6-8-12/h1-8H,10H2,(H,18,19). The lowest BCUT2D eigenvalue weighted by Gasteiger charge is -2.08. The van der Waals surface area contributed by atoms with Crippen molar-refractivity contribution in [3.63, 3.8) is 0 Å². The van der Waals surface area contributed by atoms with Gasteiger partial charge in [0.15, 0.2) is 6.61 Å². The van der Waals surface area contributed by atoms with Crippen LogP contribution >= 0.6 is 11.6 Å². The minimum Gasteiger partial charge on any atom is -0.482 e. The highest BCUT2D eigenvalue weighted by Crippen LogP contribution is 2.22. The molecular weight excluding hydrogens is 276 g/mol. The lowest BCUT2D eigenvalue weighted by molar-refractivity contribution is -0.118. The molecule has 0 saturated carbocycles. The molecule has 1 amide bonds. The van der Waals surface area contributed by atoms with Crippen LogP contribution in [0.4, 0.5) is 5.69 Å². The Balaban J connectivity index is 1.89. The van der Waals surface area contributed by atoms with Crippen LogP contribution in [-0.4, -0.2) is 12.5 Å². The highest BCUT2D eigenvalue weighted by molar-refractivity contribution is 6.32. The van der Waals surface area contributed by atoms with Gasteiger partial charge in [0.05, 0.1) is 16.7 Å². The molecule has 0 heterocycles. The first kappa shape index (κ1) is 13.9. The second-order valence-electron chi connectivity index (χ2n) is 3.96. The van der Waals surface area contributed by atoms with E-state index in [4.69, 9.17) is 21.6 Å². The SMILES string of the molecule is N#Cc1ccc(NC(=O)COc2ccccc2Cl)cc1. The van der Waals surface area contributed by atoms with Crippen LogP contribution in [0.3, 0.4) is 0 Å². The van der Waals surface area contributed by atoms with Crippen molar-refractivity contribution in [2.24, 2.45) is 0 Å². The van der Waals surface area contributed by atoms with E-state index in [0.717, 1.165) is 0 Å². The number of anilines is 1. The van der Waals surface area contributed by atoms with E-state index in [2.05, 4.69) is 5.32 Å². The van der Waals surface area contributed by atoms with Gasteiger partial charge in [-0.05, 0) is 36.4 Å². The summed E-state index contributed by atoms with van der Waals surface area (Å²) in [5.41, 5.74) is 1.15. The highest BCUT2D eigenvalue weighted by atomic mass is 35.5. The average molecular weight is 287 g/mol. The van der Waals surface area contributed by atoms with Crippen LogP contribution in [0, 0.1) is 11.3 Å². The Morgan fingerprint density at radius 2 is 1.90 bits per heavy atom. The van der Waals surface area contributed by atoms with E-state index in [0.29, 0.717) is 22.0 Å². The van der Waals surface area contributed by atoms with Crippen LogP contribution in [-0.2, 0) is 4.79 Å². The smallest absolute Gasteiger partial charge is 0.262 e. The molecule has 0 aliphatic heterocycles. The van der Waals surface area contributed by atoms with Gasteiger partial charge in [-0.25, -0.2) is 0 Å². The second-order valence-corrected chi connectivity index (χ2v) is 4.36. The monoisotopic (exact) mass is 286 g/mol. The number of nitrogens with one attached hydrogen (secondary N) is 1. The van der Waals surface area contributed by atoms with Crippen molar-refractivity contribution in [3.8, 4) is 11.8 Å². The largest absolute Gasteiger partial charge is 0.482 e. The number of nitriles is 1. The van der Waals surface area contributed by atoms with E-state index in [1.54, 1.807) is 48.5 Å². The number of nitrogens with zero attached hydrogens (tertiary/aromatic N) is 1. The summed E-state index contributed by atoms with van der Waals surface area (Å²) in [6.07, 6.45) is 0. The van der Waals surface area contributed by atoms with Gasteiger partial charge in [0, 0.05) is 5.69 Å². The van der Waals surface area contributed by atoms with Gasteiger partial charge in [0.1, 0.15) is 5.75 Å². The molecule has 1 N–H and O–H groups in total.